The Bertz CT molecular complexity index is 847. The monoisotopic (exact) mass is 381 g/mol. The van der Waals surface area contributed by atoms with E-state index in [9.17, 15) is 4.79 Å². The number of carbonyl (C=O) groups is 1. The maximum Gasteiger partial charge on any atom is 0.269 e. The zero-order chi connectivity index (χ0) is 19.5. The Morgan fingerprint density at radius 3 is 2.57 bits per heavy atom. The third kappa shape index (κ3) is 3.92. The van der Waals surface area contributed by atoms with Gasteiger partial charge in [-0.05, 0) is 49.4 Å². The predicted molar refractivity (Wildman–Crippen MR) is 110 cm³/mol. The van der Waals surface area contributed by atoms with Crippen molar-refractivity contribution >= 4 is 17.3 Å². The first-order valence-corrected chi connectivity index (χ1v) is 9.91. The summed E-state index contributed by atoms with van der Waals surface area (Å²) in [6.07, 6.45) is -0.656. The van der Waals surface area contributed by atoms with E-state index in [-0.39, 0.29) is 12.5 Å². The highest BCUT2D eigenvalue weighted by Crippen LogP contribution is 2.31. The Morgan fingerprint density at radius 2 is 1.86 bits per heavy atom. The SMILES string of the molecule is CCN1CCN(c2ccc(NC(=O)C3COc4ccccc4O3)cc2C)CC1. The van der Waals surface area contributed by atoms with Crippen LogP contribution in [0.2, 0.25) is 0 Å². The fourth-order valence-electron chi connectivity index (χ4n) is 3.76. The van der Waals surface area contributed by atoms with Crippen molar-refractivity contribution in [3.05, 3.63) is 48.0 Å². The van der Waals surface area contributed by atoms with Crippen LogP contribution in [0.1, 0.15) is 12.5 Å². The van der Waals surface area contributed by atoms with Gasteiger partial charge in [0.25, 0.3) is 5.91 Å². The maximum atomic E-state index is 12.6. The average molecular weight is 381 g/mol. The Morgan fingerprint density at radius 1 is 1.11 bits per heavy atom. The summed E-state index contributed by atoms with van der Waals surface area (Å²) >= 11 is 0. The normalized spacial score (nSPS) is 19.4. The molecule has 1 amide bonds. The first-order chi connectivity index (χ1) is 13.6. The molecule has 2 heterocycles. The Kier molecular flexibility index (Phi) is 5.39. The molecule has 6 heteroatoms. The number of rotatable bonds is 4. The van der Waals surface area contributed by atoms with Gasteiger partial charge in [0, 0.05) is 37.6 Å². The van der Waals surface area contributed by atoms with Gasteiger partial charge in [-0.15, -0.1) is 0 Å². The summed E-state index contributed by atoms with van der Waals surface area (Å²) < 4.78 is 11.4. The summed E-state index contributed by atoms with van der Waals surface area (Å²) in [5.74, 6) is 1.08. The summed E-state index contributed by atoms with van der Waals surface area (Å²) in [4.78, 5) is 17.5. The van der Waals surface area contributed by atoms with E-state index in [1.807, 2.05) is 36.4 Å². The van der Waals surface area contributed by atoms with Crippen LogP contribution >= 0.6 is 0 Å². The molecule has 0 spiro atoms. The zero-order valence-electron chi connectivity index (χ0n) is 16.5. The van der Waals surface area contributed by atoms with E-state index in [2.05, 4.69) is 35.0 Å². The molecule has 2 aromatic rings. The van der Waals surface area contributed by atoms with Gasteiger partial charge in [-0.25, -0.2) is 0 Å². The molecule has 148 valence electrons. The molecule has 0 radical (unpaired) electrons. The van der Waals surface area contributed by atoms with Gasteiger partial charge < -0.3 is 24.6 Å². The summed E-state index contributed by atoms with van der Waals surface area (Å²) in [7, 11) is 0. The molecular weight excluding hydrogens is 354 g/mol. The van der Waals surface area contributed by atoms with Crippen LogP contribution < -0.4 is 19.7 Å². The molecule has 1 atom stereocenters. The fraction of sp³-hybridized carbons (Fsp3) is 0.409. The minimum absolute atomic E-state index is 0.196. The number of piperazine rings is 1. The van der Waals surface area contributed by atoms with E-state index in [4.69, 9.17) is 9.47 Å². The van der Waals surface area contributed by atoms with Crippen LogP contribution in [-0.2, 0) is 4.79 Å². The molecule has 0 bridgehead atoms. The van der Waals surface area contributed by atoms with Crippen molar-refractivity contribution in [2.75, 3.05) is 49.5 Å². The number of likely N-dealkylation sites (N-methyl/N-ethyl adjacent to an activating group) is 1. The molecule has 2 aromatic carbocycles. The molecule has 1 fully saturated rings. The largest absolute Gasteiger partial charge is 0.485 e. The van der Waals surface area contributed by atoms with Gasteiger partial charge >= 0.3 is 0 Å². The number of hydrogen-bond donors (Lipinski definition) is 1. The summed E-state index contributed by atoms with van der Waals surface area (Å²) in [5.41, 5.74) is 3.18. The quantitative estimate of drug-likeness (QED) is 0.883. The van der Waals surface area contributed by atoms with Crippen molar-refractivity contribution in [1.29, 1.82) is 0 Å². The van der Waals surface area contributed by atoms with Crippen LogP contribution in [0.3, 0.4) is 0 Å². The molecule has 0 aliphatic carbocycles. The van der Waals surface area contributed by atoms with Crippen LogP contribution in [0.4, 0.5) is 11.4 Å². The first-order valence-electron chi connectivity index (χ1n) is 9.91. The Balaban J connectivity index is 1.39. The smallest absolute Gasteiger partial charge is 0.269 e. The number of fused-ring (bicyclic) bond motifs is 1. The lowest BCUT2D eigenvalue weighted by atomic mass is 10.1. The van der Waals surface area contributed by atoms with E-state index in [1.54, 1.807) is 0 Å². The second-order valence-corrected chi connectivity index (χ2v) is 7.28. The van der Waals surface area contributed by atoms with Crippen molar-refractivity contribution in [1.82, 2.24) is 4.90 Å². The summed E-state index contributed by atoms with van der Waals surface area (Å²) in [6.45, 7) is 9.87. The predicted octanol–water partition coefficient (Wildman–Crippen LogP) is 2.92. The van der Waals surface area contributed by atoms with Crippen molar-refractivity contribution in [2.24, 2.45) is 0 Å². The van der Waals surface area contributed by atoms with E-state index in [1.165, 1.54) is 5.69 Å². The van der Waals surface area contributed by atoms with E-state index < -0.39 is 6.10 Å². The molecule has 1 unspecified atom stereocenters. The lowest BCUT2D eigenvalue weighted by molar-refractivity contribution is -0.125. The lowest BCUT2D eigenvalue weighted by Crippen LogP contribution is -2.46. The zero-order valence-corrected chi connectivity index (χ0v) is 16.5. The van der Waals surface area contributed by atoms with Gasteiger partial charge in [0.1, 0.15) is 6.61 Å². The number of anilines is 2. The molecule has 1 saturated heterocycles. The van der Waals surface area contributed by atoms with Gasteiger partial charge in [0.2, 0.25) is 6.10 Å². The van der Waals surface area contributed by atoms with Crippen molar-refractivity contribution in [2.45, 2.75) is 20.0 Å². The first kappa shape index (κ1) is 18.6. The second kappa shape index (κ2) is 8.10. The molecule has 28 heavy (non-hydrogen) atoms. The number of hydrogen-bond acceptors (Lipinski definition) is 5. The third-order valence-electron chi connectivity index (χ3n) is 5.43. The van der Waals surface area contributed by atoms with E-state index >= 15 is 0 Å². The number of ether oxygens (including phenoxy) is 2. The number of nitrogens with one attached hydrogen (secondary N) is 1. The van der Waals surface area contributed by atoms with Crippen LogP contribution in [-0.4, -0.2) is 56.2 Å². The average Bonchev–Trinajstić information content (AvgIpc) is 2.73. The lowest BCUT2D eigenvalue weighted by Gasteiger charge is -2.36. The van der Waals surface area contributed by atoms with E-state index in [0.29, 0.717) is 11.5 Å². The van der Waals surface area contributed by atoms with Crippen molar-refractivity contribution in [3.8, 4) is 11.5 Å². The molecule has 4 rings (SSSR count). The Labute approximate surface area is 166 Å². The topological polar surface area (TPSA) is 54.0 Å². The van der Waals surface area contributed by atoms with Gasteiger partial charge in [0.15, 0.2) is 11.5 Å². The van der Waals surface area contributed by atoms with Gasteiger partial charge in [-0.1, -0.05) is 19.1 Å². The maximum absolute atomic E-state index is 12.6. The number of para-hydroxylation sites is 2. The molecule has 0 aromatic heterocycles. The highest BCUT2D eigenvalue weighted by Gasteiger charge is 2.27. The van der Waals surface area contributed by atoms with Crippen LogP contribution in [0.5, 0.6) is 11.5 Å². The summed E-state index contributed by atoms with van der Waals surface area (Å²) in [5, 5.41) is 2.96. The van der Waals surface area contributed by atoms with Gasteiger partial charge in [-0.2, -0.15) is 0 Å². The minimum Gasteiger partial charge on any atom is -0.485 e. The van der Waals surface area contributed by atoms with Crippen LogP contribution in [0.25, 0.3) is 0 Å². The number of benzene rings is 2. The minimum atomic E-state index is -0.656. The van der Waals surface area contributed by atoms with Crippen molar-refractivity contribution < 1.29 is 14.3 Å². The number of amides is 1. The third-order valence-corrected chi connectivity index (χ3v) is 5.43. The molecule has 6 nitrogen and oxygen atoms in total. The summed E-state index contributed by atoms with van der Waals surface area (Å²) in [6, 6.07) is 13.5. The molecule has 2 aliphatic rings. The molecule has 1 N–H and O–H groups in total. The number of carbonyl (C=O) groups excluding carboxylic acids is 1. The Hall–Kier alpha value is -2.73. The number of aryl methyl sites for hydroxylation is 1. The highest BCUT2D eigenvalue weighted by atomic mass is 16.6. The molecule has 2 aliphatic heterocycles. The van der Waals surface area contributed by atoms with Crippen molar-refractivity contribution in [3.63, 3.8) is 0 Å². The van der Waals surface area contributed by atoms with E-state index in [0.717, 1.165) is 44.0 Å². The second-order valence-electron chi connectivity index (χ2n) is 7.28. The number of nitrogens with zero attached hydrogens (tertiary/aromatic N) is 2. The molecular formula is C22H27N3O3. The highest BCUT2D eigenvalue weighted by molar-refractivity contribution is 5.95. The van der Waals surface area contributed by atoms with Crippen LogP contribution in [0.15, 0.2) is 42.5 Å². The van der Waals surface area contributed by atoms with Gasteiger partial charge in [-0.3, -0.25) is 4.79 Å². The fourth-order valence-corrected chi connectivity index (χ4v) is 3.76. The standard InChI is InChI=1S/C22H27N3O3/c1-3-24-10-12-25(13-11-24)18-9-8-17(14-16(18)2)23-22(26)21-15-27-19-6-4-5-7-20(19)28-21/h4-9,14,21H,3,10-13,15H2,1-2H3,(H,23,26). The molecule has 0 saturated carbocycles. The van der Waals surface area contributed by atoms with Gasteiger partial charge in [0.05, 0.1) is 0 Å². The van der Waals surface area contributed by atoms with Crippen LogP contribution in [0, 0.1) is 6.92 Å².